The molecule has 0 aliphatic carbocycles. The van der Waals surface area contributed by atoms with Crippen LogP contribution in [0.2, 0.25) is 0 Å². The molecule has 3 aliphatic rings. The van der Waals surface area contributed by atoms with Crippen LogP contribution in [0.4, 0.5) is 10.5 Å². The largest absolute Gasteiger partial charge is 0.355 e. The number of likely N-dealkylation sites (tertiary alicyclic amines) is 1. The first kappa shape index (κ1) is 13.6. The summed E-state index contributed by atoms with van der Waals surface area (Å²) in [7, 11) is 0. The summed E-state index contributed by atoms with van der Waals surface area (Å²) in [6, 6.07) is 0.243. The molecule has 4 rings (SSSR count). The minimum atomic E-state index is -0.0614. The molecule has 3 aliphatic heterocycles. The molecule has 0 spiro atoms. The van der Waals surface area contributed by atoms with E-state index in [1.54, 1.807) is 11.1 Å². The molecule has 1 aromatic heterocycles. The van der Waals surface area contributed by atoms with Crippen molar-refractivity contribution >= 4 is 17.6 Å². The van der Waals surface area contributed by atoms with E-state index in [2.05, 4.69) is 20.6 Å². The number of urea groups is 1. The van der Waals surface area contributed by atoms with Crippen molar-refractivity contribution in [3.8, 4) is 0 Å². The van der Waals surface area contributed by atoms with Crippen molar-refractivity contribution in [2.24, 2.45) is 0 Å². The van der Waals surface area contributed by atoms with Gasteiger partial charge in [-0.05, 0) is 12.8 Å². The van der Waals surface area contributed by atoms with Crippen LogP contribution in [0, 0.1) is 0 Å². The molecule has 0 aromatic carbocycles. The molecule has 2 N–H and O–H groups in total. The molecule has 118 valence electrons. The lowest BCUT2D eigenvalue weighted by Crippen LogP contribution is -2.59. The molecule has 0 radical (unpaired) electrons. The average Bonchev–Trinajstić information content (AvgIpc) is 3.08. The van der Waals surface area contributed by atoms with Crippen LogP contribution in [0.25, 0.3) is 0 Å². The highest BCUT2D eigenvalue weighted by molar-refractivity contribution is 5.93. The van der Waals surface area contributed by atoms with E-state index in [9.17, 15) is 9.59 Å². The topological polar surface area (TPSA) is 82.5 Å². The second kappa shape index (κ2) is 5.28. The fourth-order valence-corrected chi connectivity index (χ4v) is 3.40. The molecular formula is C14H20N6O2. The van der Waals surface area contributed by atoms with E-state index in [1.165, 1.54) is 0 Å². The second-order valence-corrected chi connectivity index (χ2v) is 6.12. The van der Waals surface area contributed by atoms with E-state index in [0.29, 0.717) is 13.1 Å². The van der Waals surface area contributed by atoms with Gasteiger partial charge in [0.05, 0.1) is 24.0 Å². The van der Waals surface area contributed by atoms with E-state index in [1.807, 2.05) is 10.9 Å². The Balaban J connectivity index is 1.38. The molecule has 3 amide bonds. The Morgan fingerprint density at radius 2 is 2.05 bits per heavy atom. The predicted octanol–water partition coefficient (Wildman–Crippen LogP) is -0.452. The third-order valence-corrected chi connectivity index (χ3v) is 4.72. The van der Waals surface area contributed by atoms with Crippen LogP contribution < -0.4 is 15.5 Å². The number of hydrogen-bond donors (Lipinski definition) is 2. The number of nitrogens with one attached hydrogen (secondary N) is 2. The van der Waals surface area contributed by atoms with E-state index in [-0.39, 0.29) is 24.0 Å². The minimum Gasteiger partial charge on any atom is -0.355 e. The van der Waals surface area contributed by atoms with Crippen molar-refractivity contribution in [1.82, 2.24) is 25.3 Å². The smallest absolute Gasteiger partial charge is 0.322 e. The van der Waals surface area contributed by atoms with Crippen LogP contribution in [0.5, 0.6) is 0 Å². The van der Waals surface area contributed by atoms with Gasteiger partial charge in [0.1, 0.15) is 0 Å². The fraction of sp³-hybridized carbons (Fsp3) is 0.643. The van der Waals surface area contributed by atoms with Crippen LogP contribution in [0.15, 0.2) is 12.4 Å². The molecule has 4 heterocycles. The number of hydrogen-bond acceptors (Lipinski definition) is 4. The highest BCUT2D eigenvalue weighted by Gasteiger charge is 2.38. The summed E-state index contributed by atoms with van der Waals surface area (Å²) in [6.07, 6.45) is 5.65. The molecule has 3 saturated heterocycles. The Bertz CT molecular complexity index is 594. The lowest BCUT2D eigenvalue weighted by atomic mass is 9.99. The van der Waals surface area contributed by atoms with E-state index < -0.39 is 0 Å². The lowest BCUT2D eigenvalue weighted by molar-refractivity contribution is -0.131. The number of carbonyl (C=O) groups excluding carboxylic acids is 2. The van der Waals surface area contributed by atoms with Crippen LogP contribution >= 0.6 is 0 Å². The van der Waals surface area contributed by atoms with Gasteiger partial charge in [-0.1, -0.05) is 0 Å². The molecule has 0 bridgehead atoms. The van der Waals surface area contributed by atoms with Crippen molar-refractivity contribution in [3.05, 3.63) is 12.4 Å². The number of piperidine rings is 1. The third-order valence-electron chi connectivity index (χ3n) is 4.72. The monoisotopic (exact) mass is 304 g/mol. The van der Waals surface area contributed by atoms with Gasteiger partial charge in [0.15, 0.2) is 0 Å². The van der Waals surface area contributed by atoms with E-state index in [0.717, 1.165) is 38.2 Å². The summed E-state index contributed by atoms with van der Waals surface area (Å²) >= 11 is 0. The zero-order valence-corrected chi connectivity index (χ0v) is 12.4. The number of amides is 3. The summed E-state index contributed by atoms with van der Waals surface area (Å²) in [5.74, 6) is 0.152. The second-order valence-electron chi connectivity index (χ2n) is 6.12. The molecule has 0 saturated carbocycles. The maximum Gasteiger partial charge on any atom is 0.322 e. The van der Waals surface area contributed by atoms with Crippen LogP contribution in [0.3, 0.4) is 0 Å². The lowest BCUT2D eigenvalue weighted by Gasteiger charge is -2.44. The van der Waals surface area contributed by atoms with Gasteiger partial charge in [0, 0.05) is 38.9 Å². The summed E-state index contributed by atoms with van der Waals surface area (Å²) in [4.78, 5) is 27.4. The number of carbonyl (C=O) groups is 2. The maximum atomic E-state index is 11.9. The van der Waals surface area contributed by atoms with Crippen molar-refractivity contribution in [2.45, 2.75) is 24.9 Å². The highest BCUT2D eigenvalue weighted by Crippen LogP contribution is 2.27. The zero-order chi connectivity index (χ0) is 15.1. The summed E-state index contributed by atoms with van der Waals surface area (Å²) in [6.45, 7) is 3.84. The van der Waals surface area contributed by atoms with Gasteiger partial charge in [0.25, 0.3) is 0 Å². The van der Waals surface area contributed by atoms with Crippen molar-refractivity contribution in [3.63, 3.8) is 0 Å². The summed E-state index contributed by atoms with van der Waals surface area (Å²) < 4.78 is 1.91. The Hall–Kier alpha value is -2.09. The molecular weight excluding hydrogens is 284 g/mol. The number of aromatic nitrogens is 2. The first-order valence-corrected chi connectivity index (χ1v) is 7.83. The van der Waals surface area contributed by atoms with Crippen molar-refractivity contribution in [2.75, 3.05) is 37.6 Å². The Labute approximate surface area is 128 Å². The standard InChI is InChI=1S/C14H20N6O2/c21-13-12(2-1-3-15-13)18-7-11(8-18)20-9-10(6-17-20)19-5-4-16-14(19)22/h6,9,11-12H,1-5,7-8H2,(H,15,21)(H,16,22). The average molecular weight is 304 g/mol. The molecule has 1 atom stereocenters. The number of nitrogens with zero attached hydrogens (tertiary/aromatic N) is 4. The molecule has 1 aromatic rings. The normalized spacial score (nSPS) is 26.7. The Morgan fingerprint density at radius 3 is 2.77 bits per heavy atom. The third kappa shape index (κ3) is 2.23. The molecule has 8 nitrogen and oxygen atoms in total. The molecule has 22 heavy (non-hydrogen) atoms. The maximum absolute atomic E-state index is 11.9. The quantitative estimate of drug-likeness (QED) is 0.792. The first-order valence-electron chi connectivity index (χ1n) is 7.83. The van der Waals surface area contributed by atoms with Gasteiger partial charge >= 0.3 is 6.03 Å². The number of rotatable bonds is 3. The highest BCUT2D eigenvalue weighted by atomic mass is 16.2. The molecule has 8 heteroatoms. The van der Waals surface area contributed by atoms with Crippen molar-refractivity contribution in [1.29, 1.82) is 0 Å². The van der Waals surface area contributed by atoms with Gasteiger partial charge in [-0.15, -0.1) is 0 Å². The van der Waals surface area contributed by atoms with Gasteiger partial charge in [-0.2, -0.15) is 5.10 Å². The van der Waals surface area contributed by atoms with Gasteiger partial charge < -0.3 is 10.6 Å². The minimum absolute atomic E-state index is 0.0180. The first-order chi connectivity index (χ1) is 10.7. The molecule has 1 unspecified atom stereocenters. The number of anilines is 1. The van der Waals surface area contributed by atoms with Crippen molar-refractivity contribution < 1.29 is 9.59 Å². The van der Waals surface area contributed by atoms with E-state index in [4.69, 9.17) is 0 Å². The Morgan fingerprint density at radius 1 is 1.18 bits per heavy atom. The van der Waals surface area contributed by atoms with Gasteiger partial charge in [0.2, 0.25) is 5.91 Å². The zero-order valence-electron chi connectivity index (χ0n) is 12.4. The van der Waals surface area contributed by atoms with Gasteiger partial charge in [-0.3, -0.25) is 19.3 Å². The summed E-state index contributed by atoms with van der Waals surface area (Å²) in [5, 5.41) is 10.1. The fourth-order valence-electron chi connectivity index (χ4n) is 3.40. The Kier molecular flexibility index (Phi) is 3.25. The summed E-state index contributed by atoms with van der Waals surface area (Å²) in [5.41, 5.74) is 0.837. The SMILES string of the molecule is O=C1NCCCC1N1CC(n2cc(N3CCNC3=O)cn2)C1. The van der Waals surface area contributed by atoms with Crippen LogP contribution in [-0.4, -0.2) is 65.4 Å². The van der Waals surface area contributed by atoms with Crippen LogP contribution in [0.1, 0.15) is 18.9 Å². The predicted molar refractivity (Wildman–Crippen MR) is 79.6 cm³/mol. The van der Waals surface area contributed by atoms with Crippen LogP contribution in [-0.2, 0) is 4.79 Å². The van der Waals surface area contributed by atoms with Gasteiger partial charge in [-0.25, -0.2) is 4.79 Å². The van der Waals surface area contributed by atoms with E-state index >= 15 is 0 Å². The molecule has 3 fully saturated rings.